The van der Waals surface area contributed by atoms with Gasteiger partial charge in [0.05, 0.1) is 11.7 Å². The number of nitrogens with zero attached hydrogens (tertiary/aromatic N) is 3. The molecule has 3 rings (SSSR count). The first-order valence-corrected chi connectivity index (χ1v) is 9.62. The Balaban J connectivity index is 1.62. The summed E-state index contributed by atoms with van der Waals surface area (Å²) in [5.74, 6) is 0.478. The molecular formula is C22H25N5O3. The van der Waals surface area contributed by atoms with Crippen LogP contribution in [0.15, 0.2) is 53.8 Å². The molecule has 30 heavy (non-hydrogen) atoms. The maximum atomic E-state index is 12.4. The fraction of sp³-hybridized carbons (Fsp3) is 0.318. The summed E-state index contributed by atoms with van der Waals surface area (Å²) in [4.78, 5) is 39.4. The maximum Gasteiger partial charge on any atom is 0.263 e. The van der Waals surface area contributed by atoms with Crippen LogP contribution in [0.4, 0.5) is 0 Å². The molecule has 0 radical (unpaired) electrons. The molecule has 8 nitrogen and oxygen atoms in total. The van der Waals surface area contributed by atoms with Crippen molar-refractivity contribution in [3.8, 4) is 5.75 Å². The van der Waals surface area contributed by atoms with E-state index in [0.29, 0.717) is 17.3 Å². The number of rotatable bonds is 6. The number of hydrogen-bond donors (Lipinski definition) is 2. The Hall–Kier alpha value is -3.55. The zero-order valence-corrected chi connectivity index (χ0v) is 17.5. The largest absolute Gasteiger partial charge is 0.486 e. The molecule has 0 aliphatic heterocycles. The van der Waals surface area contributed by atoms with Gasteiger partial charge in [0.1, 0.15) is 30.1 Å². The summed E-state index contributed by atoms with van der Waals surface area (Å²) in [6.07, 6.45) is 4.24. The van der Waals surface area contributed by atoms with Gasteiger partial charge in [-0.25, -0.2) is 15.0 Å². The summed E-state index contributed by atoms with van der Waals surface area (Å²) in [7, 11) is 0. The minimum absolute atomic E-state index is 0.0622. The van der Waals surface area contributed by atoms with Crippen LogP contribution in [0, 0.1) is 0 Å². The zero-order valence-electron chi connectivity index (χ0n) is 17.5. The minimum atomic E-state index is -0.529. The van der Waals surface area contributed by atoms with Crippen LogP contribution in [0.3, 0.4) is 0 Å². The Kier molecular flexibility index (Phi) is 6.25. The van der Waals surface area contributed by atoms with Crippen LogP contribution < -0.4 is 15.6 Å². The average Bonchev–Trinajstić information content (AvgIpc) is 2.72. The van der Waals surface area contributed by atoms with Crippen LogP contribution in [0.1, 0.15) is 61.2 Å². The number of nitrogens with one attached hydrogen (secondary N) is 2. The predicted octanol–water partition coefficient (Wildman–Crippen LogP) is 2.93. The highest BCUT2D eigenvalue weighted by Gasteiger charge is 2.16. The van der Waals surface area contributed by atoms with Gasteiger partial charge < -0.3 is 15.0 Å². The smallest absolute Gasteiger partial charge is 0.263 e. The summed E-state index contributed by atoms with van der Waals surface area (Å²) in [5.41, 5.74) is 1.30. The highest BCUT2D eigenvalue weighted by atomic mass is 16.5. The summed E-state index contributed by atoms with van der Waals surface area (Å²) in [6.45, 7) is 8.29. The van der Waals surface area contributed by atoms with Crippen LogP contribution >= 0.6 is 0 Å². The number of ether oxygens (including phenoxy) is 1. The number of benzene rings is 1. The molecule has 0 spiro atoms. The lowest BCUT2D eigenvalue weighted by molar-refractivity contribution is 0.0937. The molecule has 1 aromatic carbocycles. The van der Waals surface area contributed by atoms with Crippen molar-refractivity contribution in [1.29, 1.82) is 0 Å². The third kappa shape index (κ3) is 5.28. The van der Waals surface area contributed by atoms with E-state index in [9.17, 15) is 9.59 Å². The lowest BCUT2D eigenvalue weighted by Gasteiger charge is -2.19. The molecular weight excluding hydrogens is 382 g/mol. The highest BCUT2D eigenvalue weighted by Crippen LogP contribution is 2.24. The first kappa shape index (κ1) is 21.2. The molecule has 1 atom stereocenters. The maximum absolute atomic E-state index is 12.4. The summed E-state index contributed by atoms with van der Waals surface area (Å²) < 4.78 is 5.69. The number of hydrogen-bond acceptors (Lipinski definition) is 6. The molecule has 0 saturated carbocycles. The first-order chi connectivity index (χ1) is 14.2. The second-order valence-corrected chi connectivity index (χ2v) is 7.97. The summed E-state index contributed by atoms with van der Waals surface area (Å²) in [5, 5.41) is 2.73. The van der Waals surface area contributed by atoms with Crippen molar-refractivity contribution in [1.82, 2.24) is 25.3 Å². The average molecular weight is 407 g/mol. The van der Waals surface area contributed by atoms with E-state index < -0.39 is 11.5 Å². The Bertz CT molecular complexity index is 1060. The number of carbonyl (C=O) groups excluding carboxylic acids is 1. The predicted molar refractivity (Wildman–Crippen MR) is 112 cm³/mol. The normalized spacial score (nSPS) is 12.3. The van der Waals surface area contributed by atoms with Gasteiger partial charge in [-0.15, -0.1) is 0 Å². The van der Waals surface area contributed by atoms with E-state index in [1.807, 2.05) is 24.3 Å². The minimum Gasteiger partial charge on any atom is -0.486 e. The Morgan fingerprint density at radius 2 is 1.90 bits per heavy atom. The molecule has 2 aromatic heterocycles. The zero-order chi connectivity index (χ0) is 21.7. The Labute approximate surface area is 174 Å². The third-order valence-corrected chi connectivity index (χ3v) is 4.59. The molecule has 156 valence electrons. The van der Waals surface area contributed by atoms with Gasteiger partial charge in [0.25, 0.3) is 11.5 Å². The fourth-order valence-electron chi connectivity index (χ4n) is 2.78. The molecule has 2 heterocycles. The van der Waals surface area contributed by atoms with Gasteiger partial charge in [0.2, 0.25) is 0 Å². The number of carbonyl (C=O) groups is 1. The van der Waals surface area contributed by atoms with Crippen molar-refractivity contribution in [2.75, 3.05) is 0 Å². The van der Waals surface area contributed by atoms with Crippen molar-refractivity contribution in [2.24, 2.45) is 0 Å². The Morgan fingerprint density at radius 3 is 2.50 bits per heavy atom. The first-order valence-electron chi connectivity index (χ1n) is 9.62. The molecule has 0 unspecified atom stereocenters. The molecule has 0 aliphatic carbocycles. The molecule has 2 N–H and O–H groups in total. The fourth-order valence-corrected chi connectivity index (χ4v) is 2.78. The van der Waals surface area contributed by atoms with E-state index in [0.717, 1.165) is 0 Å². The van der Waals surface area contributed by atoms with E-state index in [4.69, 9.17) is 4.74 Å². The van der Waals surface area contributed by atoms with Gasteiger partial charge in [0.15, 0.2) is 0 Å². The number of aromatic nitrogens is 4. The summed E-state index contributed by atoms with van der Waals surface area (Å²) in [6, 6.07) is 9.11. The van der Waals surface area contributed by atoms with Crippen LogP contribution in [0.25, 0.3) is 0 Å². The molecule has 0 aliphatic rings. The molecule has 0 fully saturated rings. The van der Waals surface area contributed by atoms with E-state index in [1.54, 1.807) is 19.2 Å². The SMILES string of the molecule is C[C@@H](NC(=O)c1cnc(COc2ccc(C(C)(C)C)cc2)[nH]c1=O)c1ccncn1. The van der Waals surface area contributed by atoms with E-state index >= 15 is 0 Å². The molecule has 0 saturated heterocycles. The molecule has 3 aromatic rings. The van der Waals surface area contributed by atoms with Crippen molar-refractivity contribution in [2.45, 2.75) is 45.8 Å². The quantitative estimate of drug-likeness (QED) is 0.650. The molecule has 8 heteroatoms. The Morgan fingerprint density at radius 1 is 1.17 bits per heavy atom. The van der Waals surface area contributed by atoms with Crippen molar-refractivity contribution in [3.63, 3.8) is 0 Å². The molecule has 0 bridgehead atoms. The van der Waals surface area contributed by atoms with Crippen molar-refractivity contribution >= 4 is 5.91 Å². The topological polar surface area (TPSA) is 110 Å². The summed E-state index contributed by atoms with van der Waals surface area (Å²) >= 11 is 0. The van der Waals surface area contributed by atoms with Crippen molar-refractivity contribution in [3.05, 3.63) is 82.1 Å². The van der Waals surface area contributed by atoms with Crippen LogP contribution in [0.5, 0.6) is 5.75 Å². The lowest BCUT2D eigenvalue weighted by atomic mass is 9.87. The van der Waals surface area contributed by atoms with E-state index in [1.165, 1.54) is 18.1 Å². The number of aromatic amines is 1. The van der Waals surface area contributed by atoms with Gasteiger partial charge in [-0.2, -0.15) is 0 Å². The van der Waals surface area contributed by atoms with E-state index in [-0.39, 0.29) is 23.6 Å². The van der Waals surface area contributed by atoms with Gasteiger partial charge >= 0.3 is 0 Å². The van der Waals surface area contributed by atoms with Crippen LogP contribution in [0.2, 0.25) is 0 Å². The van der Waals surface area contributed by atoms with Gasteiger partial charge in [0, 0.05) is 12.4 Å². The highest BCUT2D eigenvalue weighted by molar-refractivity contribution is 5.93. The second-order valence-electron chi connectivity index (χ2n) is 7.97. The molecule has 1 amide bonds. The second kappa shape index (κ2) is 8.86. The monoisotopic (exact) mass is 407 g/mol. The van der Waals surface area contributed by atoms with Crippen LogP contribution in [-0.2, 0) is 12.0 Å². The number of H-pyrrole nitrogens is 1. The lowest BCUT2D eigenvalue weighted by Crippen LogP contribution is -2.32. The third-order valence-electron chi connectivity index (χ3n) is 4.59. The van der Waals surface area contributed by atoms with Crippen molar-refractivity contribution < 1.29 is 9.53 Å². The van der Waals surface area contributed by atoms with Gasteiger partial charge in [-0.3, -0.25) is 9.59 Å². The van der Waals surface area contributed by atoms with Gasteiger partial charge in [-0.1, -0.05) is 32.9 Å². The van der Waals surface area contributed by atoms with Gasteiger partial charge in [-0.05, 0) is 36.1 Å². The number of amides is 1. The standard InChI is InChI=1S/C22H25N5O3/c1-14(18-9-10-23-13-25-18)26-20(28)17-11-24-19(27-21(17)29)12-30-16-7-5-15(6-8-16)22(2,3)4/h5-11,13-14H,12H2,1-4H3,(H,26,28)(H,24,27,29)/t14-/m1/s1. The van der Waals surface area contributed by atoms with Crippen LogP contribution in [-0.4, -0.2) is 25.8 Å². The van der Waals surface area contributed by atoms with E-state index in [2.05, 4.69) is 46.0 Å².